The van der Waals surface area contributed by atoms with Gasteiger partial charge in [-0.1, -0.05) is 0 Å². The van der Waals surface area contributed by atoms with Gasteiger partial charge in [-0.15, -0.1) is 0 Å². The Kier molecular flexibility index (Phi) is 3.83. The van der Waals surface area contributed by atoms with Gasteiger partial charge in [0.1, 0.15) is 0 Å². The molecule has 6 heavy (non-hydrogen) atoms. The molecule has 0 spiro atoms. The molecule has 0 radical (unpaired) electrons. The van der Waals surface area contributed by atoms with Crippen LogP contribution in [0.25, 0.3) is 0 Å². The molecule has 0 aliphatic rings. The molecule has 6 heteroatoms. The van der Waals surface area contributed by atoms with Gasteiger partial charge in [0.05, 0.1) is 0 Å². The summed E-state index contributed by atoms with van der Waals surface area (Å²) in [4.78, 5) is 0. The van der Waals surface area contributed by atoms with E-state index < -0.39 is 10.6 Å². The van der Waals surface area contributed by atoms with Crippen molar-refractivity contribution in [2.45, 2.75) is 0 Å². The molecule has 36 valence electrons. The monoisotopic (exact) mass is 616 g/mol. The molecule has 0 heterocycles. The van der Waals surface area contributed by atoms with Gasteiger partial charge >= 0.3 is 63.7 Å². The second kappa shape index (κ2) is 2.48. The zero-order chi connectivity index (χ0) is 5.45. The van der Waals surface area contributed by atoms with Gasteiger partial charge in [-0.05, 0) is 0 Å². The number of hydrogen-bond donors (Lipinski definition) is 0. The molecule has 0 unspecified atom stereocenters. The van der Waals surface area contributed by atoms with Crippen LogP contribution in [0.5, 0.6) is 0 Å². The van der Waals surface area contributed by atoms with Crippen molar-refractivity contribution in [2.75, 3.05) is 0 Å². The third kappa shape index (κ3) is 26.8. The minimum absolute atomic E-state index is 0.354. The van der Waals surface area contributed by atoms with E-state index in [0.717, 1.165) is 0 Å². The fourth-order valence-electron chi connectivity index (χ4n) is 0. The normalized spacial score (nSPS) is 19.3. The van der Waals surface area contributed by atoms with Crippen molar-refractivity contribution < 1.29 is 33.2 Å². The first-order chi connectivity index (χ1) is 2.24. The predicted molar refractivity (Wildman–Crippen MR) is 23.4 cm³/mol. The van der Waals surface area contributed by atoms with Crippen LogP contribution in [-0.2, 0) is 0 Å². The summed E-state index contributed by atoms with van der Waals surface area (Å²) in [5, 5.41) is 0. The second-order valence-corrected chi connectivity index (χ2v) is 135. The molecule has 0 N–H and O–H groups in total. The maximum atomic E-state index is 5.38. The molecular weight excluding hydrogens is 618 g/mol. The predicted octanol–water partition coefficient (Wildman–Crippen LogP) is 2.76. The third-order valence-electron chi connectivity index (χ3n) is 0. The quantitative estimate of drug-likeness (QED) is 0.393. The van der Waals surface area contributed by atoms with Crippen molar-refractivity contribution in [3.63, 3.8) is 0 Å². The Balaban J connectivity index is 3.73. The topological polar surface area (TPSA) is 0 Å². The van der Waals surface area contributed by atoms with E-state index in [2.05, 4.69) is 0 Å². The van der Waals surface area contributed by atoms with Crippen molar-refractivity contribution in [3.05, 3.63) is 0 Å². The molecule has 0 fully saturated rings. The van der Waals surface area contributed by atoms with Crippen LogP contribution in [0.1, 0.15) is 0 Å². The van der Waals surface area contributed by atoms with Gasteiger partial charge in [-0.25, -0.2) is 0 Å². The molecule has 0 saturated heterocycles. The molecule has 0 atom stereocenters. The third-order valence-corrected chi connectivity index (χ3v) is 0. The Morgan fingerprint density at radius 3 is 1.00 bits per heavy atom. The summed E-state index contributed by atoms with van der Waals surface area (Å²) in [5.41, 5.74) is 0. The van der Waals surface area contributed by atoms with Gasteiger partial charge in [0.25, 0.3) is 0 Å². The van der Waals surface area contributed by atoms with Crippen LogP contribution in [-0.4, -0.2) is 0 Å². The van der Waals surface area contributed by atoms with Gasteiger partial charge in [-0.3, -0.25) is 0 Å². The Bertz CT molecular complexity index is 38.7. The van der Waals surface area contributed by atoms with E-state index in [4.69, 9.17) is 30.5 Å². The molecule has 0 bridgehead atoms. The summed E-state index contributed by atoms with van der Waals surface area (Å²) in [7, 11) is 17.7. The van der Waals surface area contributed by atoms with E-state index in [1.165, 1.54) is 0 Å². The Hall–Kier alpha value is 3.26. The fraction of sp³-hybridized carbons (Fsp3) is 0. The Morgan fingerprint density at radius 2 is 1.00 bits per heavy atom. The van der Waals surface area contributed by atoms with Crippen LogP contribution in [0.3, 0.4) is 0 Å². The number of hydrogen-bond acceptors (Lipinski definition) is 0. The SMILES string of the molecule is [Cl][U]([Cl])([Cl])([Cl])[U]. The molecule has 0 rings (SSSR count). The molecule has 0 aromatic rings. The molecule has 0 aliphatic heterocycles. The first kappa shape index (κ1) is 9.26. The molecule has 0 aromatic carbocycles. The molecule has 0 saturated carbocycles. The van der Waals surface area contributed by atoms with Crippen LogP contribution >= 0.6 is 30.5 Å². The standard InChI is InChI=1S/4ClH.2U/h4*1H;;/q;;;;;+4/p-4. The first-order valence-electron chi connectivity index (χ1n) is 1.01. The van der Waals surface area contributed by atoms with E-state index in [1.54, 1.807) is 0 Å². The van der Waals surface area contributed by atoms with Crippen LogP contribution in [0.4, 0.5) is 0 Å². The van der Waals surface area contributed by atoms with E-state index in [1.807, 2.05) is 0 Å². The zero-order valence-electron chi connectivity index (χ0n) is 2.51. The van der Waals surface area contributed by atoms with Gasteiger partial charge < -0.3 is 0 Å². The summed E-state index contributed by atoms with van der Waals surface area (Å²) < 4.78 is 0. The maximum absolute atomic E-state index is 5.38. The molecule has 0 amide bonds. The molecule has 0 aliphatic carbocycles. The summed E-state index contributed by atoms with van der Waals surface area (Å²) in [6.07, 6.45) is 0. The van der Waals surface area contributed by atoms with Crippen LogP contribution in [0.2, 0.25) is 0 Å². The summed E-state index contributed by atoms with van der Waals surface area (Å²) in [6, 6.07) is 0. The van der Waals surface area contributed by atoms with Crippen molar-refractivity contribution in [1.29, 1.82) is 0 Å². The number of halogens is 4. The van der Waals surface area contributed by atoms with E-state index in [0.29, 0.717) is 22.6 Å². The van der Waals surface area contributed by atoms with Crippen molar-refractivity contribution in [3.8, 4) is 0 Å². The van der Waals surface area contributed by atoms with Crippen molar-refractivity contribution >= 4 is 30.5 Å². The molecule has 0 aromatic heterocycles. The van der Waals surface area contributed by atoms with Crippen LogP contribution < -0.4 is 0 Å². The molecule has 0 nitrogen and oxygen atoms in total. The first-order valence-corrected chi connectivity index (χ1v) is 42.9. The fourth-order valence-corrected chi connectivity index (χ4v) is 0. The van der Waals surface area contributed by atoms with Crippen molar-refractivity contribution in [2.24, 2.45) is 0 Å². The molecular formula is Cl4U2. The van der Waals surface area contributed by atoms with Gasteiger partial charge in [0.15, 0.2) is 0 Å². The van der Waals surface area contributed by atoms with E-state index in [9.17, 15) is 0 Å². The van der Waals surface area contributed by atoms with E-state index in [-0.39, 0.29) is 0 Å². The zero-order valence-corrected chi connectivity index (χ0v) is 13.9. The summed E-state index contributed by atoms with van der Waals surface area (Å²) >= 11 is 0.354. The van der Waals surface area contributed by atoms with Gasteiger partial charge in [0, 0.05) is 0 Å². The Labute approximate surface area is 61.6 Å². The number of rotatable bonds is 0. The van der Waals surface area contributed by atoms with Gasteiger partial charge in [0.2, 0.25) is 0 Å². The summed E-state index contributed by atoms with van der Waals surface area (Å²) in [5.74, 6) is 0. The van der Waals surface area contributed by atoms with Gasteiger partial charge in [-0.2, -0.15) is 0 Å². The second-order valence-electron chi connectivity index (χ2n) is 0.807. The van der Waals surface area contributed by atoms with E-state index >= 15 is 0 Å². The average molecular weight is 618 g/mol. The minimum atomic E-state index is -3.85. The van der Waals surface area contributed by atoms with Crippen LogP contribution in [0.15, 0.2) is 0 Å². The Morgan fingerprint density at radius 1 is 1.00 bits per heavy atom. The van der Waals surface area contributed by atoms with Crippen LogP contribution in [0, 0.1) is 33.2 Å². The van der Waals surface area contributed by atoms with Crippen molar-refractivity contribution in [1.82, 2.24) is 0 Å². The average Bonchev–Trinajstić information content (AvgIpc) is 0.650. The summed E-state index contributed by atoms with van der Waals surface area (Å²) in [6.45, 7) is 0.